The first kappa shape index (κ1) is 12.7. The third-order valence-electron chi connectivity index (χ3n) is 4.61. The second kappa shape index (κ2) is 5.33. The minimum Gasteiger partial charge on any atom is -0.383 e. The summed E-state index contributed by atoms with van der Waals surface area (Å²) in [6.07, 6.45) is 6.07. The van der Waals surface area contributed by atoms with Gasteiger partial charge in [0.05, 0.1) is 5.41 Å². The summed E-state index contributed by atoms with van der Waals surface area (Å²) in [5, 5.41) is 3.38. The standard InChI is InChI=1S/C16H22N2O/c19-13-16(8-11-18-9-4-1-5-10-18)12-17-15-7-3-2-6-14(15)16/h2-3,6-7,13,17H,1,4-5,8-12H2. The molecule has 0 amide bonds. The SMILES string of the molecule is O=CC1(CCN2CCCCC2)CNc2ccccc21. The van der Waals surface area contributed by atoms with Crippen LogP contribution in [0.25, 0.3) is 0 Å². The summed E-state index contributed by atoms with van der Waals surface area (Å²) in [7, 11) is 0. The summed E-state index contributed by atoms with van der Waals surface area (Å²) >= 11 is 0. The van der Waals surface area contributed by atoms with Crippen molar-refractivity contribution in [2.45, 2.75) is 31.1 Å². The van der Waals surface area contributed by atoms with E-state index in [9.17, 15) is 4.79 Å². The highest BCUT2D eigenvalue weighted by Gasteiger charge is 2.38. The number of carbonyl (C=O) groups excluding carboxylic acids is 1. The largest absolute Gasteiger partial charge is 0.383 e. The summed E-state index contributed by atoms with van der Waals surface area (Å²) in [5.74, 6) is 0. The fraction of sp³-hybridized carbons (Fsp3) is 0.562. The quantitative estimate of drug-likeness (QED) is 0.842. The molecule has 1 N–H and O–H groups in total. The molecule has 2 aliphatic heterocycles. The predicted molar refractivity (Wildman–Crippen MR) is 77.6 cm³/mol. The van der Waals surface area contributed by atoms with Crippen molar-refractivity contribution in [2.75, 3.05) is 31.5 Å². The number of aldehydes is 1. The number of rotatable bonds is 4. The molecule has 0 saturated carbocycles. The van der Waals surface area contributed by atoms with Gasteiger partial charge in [-0.15, -0.1) is 0 Å². The van der Waals surface area contributed by atoms with E-state index in [1.54, 1.807) is 0 Å². The first-order valence-corrected chi connectivity index (χ1v) is 7.36. The normalized spacial score (nSPS) is 26.7. The maximum atomic E-state index is 11.7. The topological polar surface area (TPSA) is 32.3 Å². The first-order chi connectivity index (χ1) is 9.34. The number of hydrogen-bond donors (Lipinski definition) is 1. The summed E-state index contributed by atoms with van der Waals surface area (Å²) in [6.45, 7) is 4.19. The van der Waals surface area contributed by atoms with Crippen molar-refractivity contribution in [3.8, 4) is 0 Å². The Bertz CT molecular complexity index is 454. The molecule has 1 atom stereocenters. The molecule has 102 valence electrons. The van der Waals surface area contributed by atoms with E-state index in [0.29, 0.717) is 0 Å². The summed E-state index contributed by atoms with van der Waals surface area (Å²) in [5.41, 5.74) is 2.00. The monoisotopic (exact) mass is 258 g/mol. The molecule has 19 heavy (non-hydrogen) atoms. The van der Waals surface area contributed by atoms with E-state index in [4.69, 9.17) is 0 Å². The van der Waals surface area contributed by atoms with Crippen LogP contribution in [0.3, 0.4) is 0 Å². The lowest BCUT2D eigenvalue weighted by atomic mass is 9.80. The Labute approximate surface area is 115 Å². The predicted octanol–water partition coefficient (Wildman–Crippen LogP) is 2.42. The maximum Gasteiger partial charge on any atom is 0.132 e. The Morgan fingerprint density at radius 3 is 2.79 bits per heavy atom. The van der Waals surface area contributed by atoms with Crippen LogP contribution in [0.1, 0.15) is 31.2 Å². The third-order valence-corrected chi connectivity index (χ3v) is 4.61. The minimum atomic E-state index is -0.311. The fourth-order valence-electron chi connectivity index (χ4n) is 3.35. The van der Waals surface area contributed by atoms with Crippen LogP contribution in [0.4, 0.5) is 5.69 Å². The van der Waals surface area contributed by atoms with Gasteiger partial charge in [-0.05, 0) is 50.5 Å². The molecule has 0 aromatic heterocycles. The van der Waals surface area contributed by atoms with E-state index in [0.717, 1.165) is 31.5 Å². The molecule has 1 saturated heterocycles. The zero-order chi connectivity index (χ0) is 13.1. The van der Waals surface area contributed by atoms with Gasteiger partial charge < -0.3 is 15.0 Å². The molecule has 1 aromatic rings. The average Bonchev–Trinajstić information content (AvgIpc) is 2.86. The number of nitrogens with one attached hydrogen (secondary N) is 1. The van der Waals surface area contributed by atoms with Gasteiger partial charge in [0, 0.05) is 12.2 Å². The Morgan fingerprint density at radius 2 is 2.00 bits per heavy atom. The fourth-order valence-corrected chi connectivity index (χ4v) is 3.35. The Kier molecular flexibility index (Phi) is 3.56. The van der Waals surface area contributed by atoms with Crippen LogP contribution in [0.15, 0.2) is 24.3 Å². The lowest BCUT2D eigenvalue weighted by Crippen LogP contribution is -2.38. The van der Waals surface area contributed by atoms with Gasteiger partial charge in [-0.3, -0.25) is 0 Å². The van der Waals surface area contributed by atoms with Gasteiger partial charge in [-0.25, -0.2) is 0 Å². The molecule has 0 spiro atoms. The highest BCUT2D eigenvalue weighted by atomic mass is 16.1. The number of nitrogens with zero attached hydrogens (tertiary/aromatic N) is 1. The molecule has 1 unspecified atom stereocenters. The van der Waals surface area contributed by atoms with E-state index >= 15 is 0 Å². The van der Waals surface area contributed by atoms with Crippen LogP contribution >= 0.6 is 0 Å². The Hall–Kier alpha value is -1.35. The van der Waals surface area contributed by atoms with Crippen molar-refractivity contribution < 1.29 is 4.79 Å². The van der Waals surface area contributed by atoms with Crippen LogP contribution in [0, 0.1) is 0 Å². The van der Waals surface area contributed by atoms with E-state index in [1.165, 1.54) is 37.9 Å². The Morgan fingerprint density at radius 1 is 1.21 bits per heavy atom. The van der Waals surface area contributed by atoms with Crippen LogP contribution in [-0.2, 0) is 10.2 Å². The highest BCUT2D eigenvalue weighted by Crippen LogP contribution is 2.37. The van der Waals surface area contributed by atoms with Gasteiger partial charge in [-0.1, -0.05) is 24.6 Å². The number of benzene rings is 1. The Balaban J connectivity index is 1.72. The molecule has 3 rings (SSSR count). The van der Waals surface area contributed by atoms with E-state index in [1.807, 2.05) is 12.1 Å². The maximum absolute atomic E-state index is 11.7. The van der Waals surface area contributed by atoms with Crippen molar-refractivity contribution in [3.63, 3.8) is 0 Å². The molecule has 1 aromatic carbocycles. The number of para-hydroxylation sites is 1. The van der Waals surface area contributed by atoms with Crippen LogP contribution < -0.4 is 5.32 Å². The van der Waals surface area contributed by atoms with E-state index in [-0.39, 0.29) is 5.41 Å². The number of fused-ring (bicyclic) bond motifs is 1. The van der Waals surface area contributed by atoms with Crippen LogP contribution in [-0.4, -0.2) is 37.4 Å². The molecule has 0 radical (unpaired) electrons. The number of likely N-dealkylation sites (tertiary alicyclic amines) is 1. The van der Waals surface area contributed by atoms with E-state index in [2.05, 4.69) is 22.3 Å². The number of anilines is 1. The van der Waals surface area contributed by atoms with Crippen molar-refractivity contribution in [2.24, 2.45) is 0 Å². The van der Waals surface area contributed by atoms with Crippen LogP contribution in [0.2, 0.25) is 0 Å². The van der Waals surface area contributed by atoms with Gasteiger partial charge >= 0.3 is 0 Å². The van der Waals surface area contributed by atoms with Gasteiger partial charge in [0.15, 0.2) is 0 Å². The van der Waals surface area contributed by atoms with Crippen molar-refractivity contribution in [1.29, 1.82) is 0 Å². The van der Waals surface area contributed by atoms with E-state index < -0.39 is 0 Å². The molecular formula is C16H22N2O. The molecular weight excluding hydrogens is 236 g/mol. The molecule has 3 heteroatoms. The zero-order valence-corrected chi connectivity index (χ0v) is 11.4. The van der Waals surface area contributed by atoms with Gasteiger partial charge in [0.25, 0.3) is 0 Å². The number of carbonyl (C=O) groups is 1. The van der Waals surface area contributed by atoms with Crippen molar-refractivity contribution >= 4 is 12.0 Å². The van der Waals surface area contributed by atoms with Gasteiger partial charge in [0.2, 0.25) is 0 Å². The minimum absolute atomic E-state index is 0.311. The molecule has 2 heterocycles. The highest BCUT2D eigenvalue weighted by molar-refractivity contribution is 5.78. The molecule has 3 nitrogen and oxygen atoms in total. The molecule has 0 aliphatic carbocycles. The summed E-state index contributed by atoms with van der Waals surface area (Å²) in [4.78, 5) is 14.2. The first-order valence-electron chi connectivity index (χ1n) is 7.36. The number of piperidine rings is 1. The van der Waals surface area contributed by atoms with Crippen LogP contribution in [0.5, 0.6) is 0 Å². The molecule has 2 aliphatic rings. The van der Waals surface area contributed by atoms with Gasteiger partial charge in [-0.2, -0.15) is 0 Å². The lowest BCUT2D eigenvalue weighted by molar-refractivity contribution is -0.112. The summed E-state index contributed by atoms with van der Waals surface area (Å²) < 4.78 is 0. The zero-order valence-electron chi connectivity index (χ0n) is 11.4. The smallest absolute Gasteiger partial charge is 0.132 e. The second-order valence-corrected chi connectivity index (χ2v) is 5.83. The molecule has 1 fully saturated rings. The second-order valence-electron chi connectivity index (χ2n) is 5.83. The number of hydrogen-bond acceptors (Lipinski definition) is 3. The average molecular weight is 258 g/mol. The lowest BCUT2D eigenvalue weighted by Gasteiger charge is -2.30. The van der Waals surface area contributed by atoms with Gasteiger partial charge in [0.1, 0.15) is 6.29 Å². The van der Waals surface area contributed by atoms with Crippen molar-refractivity contribution in [1.82, 2.24) is 4.90 Å². The molecule has 0 bridgehead atoms. The third kappa shape index (κ3) is 2.39. The van der Waals surface area contributed by atoms with Crippen molar-refractivity contribution in [3.05, 3.63) is 29.8 Å². The summed E-state index contributed by atoms with van der Waals surface area (Å²) in [6, 6.07) is 8.23.